The maximum absolute atomic E-state index is 12.8. The van der Waals surface area contributed by atoms with Crippen LogP contribution in [0.4, 0.5) is 0 Å². The van der Waals surface area contributed by atoms with Crippen LogP contribution in [-0.4, -0.2) is 42.4 Å². The van der Waals surface area contributed by atoms with E-state index in [1.165, 1.54) is 7.11 Å². The third-order valence-corrected chi connectivity index (χ3v) is 5.18. The van der Waals surface area contributed by atoms with Gasteiger partial charge in [-0.25, -0.2) is 4.79 Å². The van der Waals surface area contributed by atoms with Gasteiger partial charge in [0.15, 0.2) is 0 Å². The molecule has 0 bridgehead atoms. The molecule has 6 heteroatoms. The molecule has 4 atom stereocenters. The summed E-state index contributed by atoms with van der Waals surface area (Å²) in [6.45, 7) is 6.01. The lowest BCUT2D eigenvalue weighted by atomic mass is 9.93. The molecule has 0 N–H and O–H groups in total. The number of nitrogens with zero attached hydrogens (tertiary/aromatic N) is 1. The van der Waals surface area contributed by atoms with Crippen molar-refractivity contribution in [3.63, 3.8) is 0 Å². The van der Waals surface area contributed by atoms with Gasteiger partial charge in [0.1, 0.15) is 12.6 Å². The van der Waals surface area contributed by atoms with E-state index in [1.807, 2.05) is 51.1 Å². The number of likely N-dealkylation sites (tertiary alicyclic amines) is 1. The zero-order valence-electron chi connectivity index (χ0n) is 15.6. The highest BCUT2D eigenvalue weighted by Gasteiger charge is 2.68. The van der Waals surface area contributed by atoms with Crippen LogP contribution < -0.4 is 0 Å². The van der Waals surface area contributed by atoms with Crippen molar-refractivity contribution < 1.29 is 23.9 Å². The number of rotatable bonds is 4. The maximum atomic E-state index is 12.8. The van der Waals surface area contributed by atoms with Crippen molar-refractivity contribution in [3.05, 3.63) is 35.9 Å². The van der Waals surface area contributed by atoms with Gasteiger partial charge in [-0.2, -0.15) is 0 Å². The maximum Gasteiger partial charge on any atom is 0.329 e. The summed E-state index contributed by atoms with van der Waals surface area (Å²) in [5.74, 6) is -1.43. The predicted octanol–water partition coefficient (Wildman–Crippen LogP) is 2.02. The molecule has 1 aromatic rings. The Morgan fingerprint density at radius 3 is 2.35 bits per heavy atom. The molecular formula is C20H25NO5. The van der Waals surface area contributed by atoms with Crippen LogP contribution in [0, 0.1) is 23.2 Å². The molecule has 0 aromatic heterocycles. The first-order chi connectivity index (χ1) is 12.3. The van der Waals surface area contributed by atoms with Crippen molar-refractivity contribution in [1.82, 2.24) is 4.90 Å². The van der Waals surface area contributed by atoms with E-state index in [4.69, 9.17) is 9.47 Å². The second-order valence-electron chi connectivity index (χ2n) is 8.04. The molecule has 140 valence electrons. The highest BCUT2D eigenvalue weighted by molar-refractivity contribution is 5.91. The van der Waals surface area contributed by atoms with E-state index >= 15 is 0 Å². The first kappa shape index (κ1) is 18.4. The first-order valence-electron chi connectivity index (χ1n) is 8.85. The van der Waals surface area contributed by atoms with Crippen LogP contribution in [0.1, 0.15) is 26.3 Å². The number of piperidine rings is 1. The summed E-state index contributed by atoms with van der Waals surface area (Å²) in [6, 6.07) is 8.66. The van der Waals surface area contributed by atoms with Crippen LogP contribution in [0.15, 0.2) is 30.3 Å². The number of benzene rings is 1. The molecule has 1 saturated heterocycles. The van der Waals surface area contributed by atoms with Crippen molar-refractivity contribution in [2.24, 2.45) is 23.2 Å². The molecule has 3 rings (SSSR count). The van der Waals surface area contributed by atoms with Gasteiger partial charge in [0.2, 0.25) is 5.91 Å². The smallest absolute Gasteiger partial charge is 0.329 e. The van der Waals surface area contributed by atoms with Crippen LogP contribution >= 0.6 is 0 Å². The van der Waals surface area contributed by atoms with E-state index < -0.39 is 17.4 Å². The minimum absolute atomic E-state index is 0.0250. The Hall–Kier alpha value is -2.37. The Labute approximate surface area is 153 Å². The van der Waals surface area contributed by atoms with Gasteiger partial charge in [-0.15, -0.1) is 0 Å². The zero-order valence-corrected chi connectivity index (χ0v) is 15.6. The number of carbonyl (C=O) groups excluding carboxylic acids is 3. The highest BCUT2D eigenvalue weighted by Crippen LogP contribution is 2.56. The van der Waals surface area contributed by atoms with E-state index in [0.717, 1.165) is 5.56 Å². The Morgan fingerprint density at radius 2 is 1.77 bits per heavy atom. The molecule has 26 heavy (non-hydrogen) atoms. The molecule has 1 amide bonds. The minimum Gasteiger partial charge on any atom is -0.469 e. The Kier molecular flexibility index (Phi) is 4.78. The van der Waals surface area contributed by atoms with E-state index in [2.05, 4.69) is 0 Å². The lowest BCUT2D eigenvalue weighted by Gasteiger charge is -2.32. The van der Waals surface area contributed by atoms with E-state index in [-0.39, 0.29) is 36.2 Å². The predicted molar refractivity (Wildman–Crippen MR) is 93.7 cm³/mol. The molecule has 1 aromatic carbocycles. The van der Waals surface area contributed by atoms with E-state index in [0.29, 0.717) is 6.54 Å². The van der Waals surface area contributed by atoms with Crippen molar-refractivity contribution in [2.75, 3.05) is 13.7 Å². The summed E-state index contributed by atoms with van der Waals surface area (Å²) in [7, 11) is 1.34. The van der Waals surface area contributed by atoms with Crippen LogP contribution in [0.3, 0.4) is 0 Å². The molecule has 0 spiro atoms. The monoisotopic (exact) mass is 359 g/mol. The van der Waals surface area contributed by atoms with Gasteiger partial charge >= 0.3 is 11.9 Å². The molecule has 1 saturated carbocycles. The SMILES string of the molecule is COC(=O)[C@@H]1[C@H]2CN(C(=O)C(C)(C)C)[C@H](C(=O)OCc3ccccc3)[C@H]21. The quantitative estimate of drug-likeness (QED) is 0.769. The second kappa shape index (κ2) is 6.74. The van der Waals surface area contributed by atoms with Gasteiger partial charge in [0.05, 0.1) is 13.0 Å². The summed E-state index contributed by atoms with van der Waals surface area (Å²) in [6.07, 6.45) is 0. The number of fused-ring (bicyclic) bond motifs is 1. The Balaban J connectivity index is 1.75. The lowest BCUT2D eigenvalue weighted by Crippen LogP contribution is -2.49. The van der Waals surface area contributed by atoms with Gasteiger partial charge in [-0.05, 0) is 11.5 Å². The summed E-state index contributed by atoms with van der Waals surface area (Å²) in [5, 5.41) is 0. The van der Waals surface area contributed by atoms with E-state index in [9.17, 15) is 14.4 Å². The number of hydrogen-bond acceptors (Lipinski definition) is 5. The normalized spacial score (nSPS) is 26.8. The molecule has 2 aliphatic rings. The third-order valence-electron chi connectivity index (χ3n) is 5.18. The highest BCUT2D eigenvalue weighted by atomic mass is 16.5. The molecular weight excluding hydrogens is 334 g/mol. The summed E-state index contributed by atoms with van der Waals surface area (Å²) in [5.41, 5.74) is 0.277. The van der Waals surface area contributed by atoms with Crippen molar-refractivity contribution in [3.8, 4) is 0 Å². The van der Waals surface area contributed by atoms with Gasteiger partial charge in [-0.3, -0.25) is 9.59 Å². The molecule has 1 aliphatic carbocycles. The number of esters is 2. The third kappa shape index (κ3) is 3.32. The number of ether oxygens (including phenoxy) is 2. The van der Waals surface area contributed by atoms with Crippen molar-refractivity contribution >= 4 is 17.8 Å². The fraction of sp³-hybridized carbons (Fsp3) is 0.550. The minimum atomic E-state index is -0.723. The number of amides is 1. The number of hydrogen-bond donors (Lipinski definition) is 0. The summed E-state index contributed by atoms with van der Waals surface area (Å²) in [4.78, 5) is 39.1. The van der Waals surface area contributed by atoms with Crippen LogP contribution in [-0.2, 0) is 30.5 Å². The molecule has 0 radical (unpaired) electrons. The molecule has 2 fully saturated rings. The lowest BCUT2D eigenvalue weighted by molar-refractivity contribution is -0.159. The topological polar surface area (TPSA) is 72.9 Å². The summed E-state index contributed by atoms with van der Waals surface area (Å²) < 4.78 is 10.3. The first-order valence-corrected chi connectivity index (χ1v) is 8.85. The molecule has 0 unspecified atom stereocenters. The van der Waals surface area contributed by atoms with Crippen LogP contribution in [0.2, 0.25) is 0 Å². The molecule has 1 heterocycles. The van der Waals surface area contributed by atoms with Crippen LogP contribution in [0.5, 0.6) is 0 Å². The standard InChI is InChI=1S/C20H25NO5/c1-20(2,3)19(24)21-10-13-14(15(13)17(22)25-4)16(21)18(23)26-11-12-8-6-5-7-9-12/h5-9,13-16H,10-11H2,1-4H3/t13-,14+,15+,16-/m0/s1. The fourth-order valence-corrected chi connectivity index (χ4v) is 3.82. The van der Waals surface area contributed by atoms with Crippen molar-refractivity contribution in [2.45, 2.75) is 33.4 Å². The van der Waals surface area contributed by atoms with Gasteiger partial charge in [0.25, 0.3) is 0 Å². The largest absolute Gasteiger partial charge is 0.469 e. The van der Waals surface area contributed by atoms with Crippen molar-refractivity contribution in [1.29, 1.82) is 0 Å². The van der Waals surface area contributed by atoms with Gasteiger partial charge in [0, 0.05) is 17.9 Å². The van der Waals surface area contributed by atoms with Crippen LogP contribution in [0.25, 0.3) is 0 Å². The number of carbonyl (C=O) groups is 3. The average Bonchev–Trinajstić information content (AvgIpc) is 3.18. The van der Waals surface area contributed by atoms with E-state index in [1.54, 1.807) is 4.90 Å². The number of methoxy groups -OCH3 is 1. The Bertz CT molecular complexity index is 709. The second-order valence-corrected chi connectivity index (χ2v) is 8.04. The average molecular weight is 359 g/mol. The summed E-state index contributed by atoms with van der Waals surface area (Å²) >= 11 is 0. The van der Waals surface area contributed by atoms with Gasteiger partial charge in [-0.1, -0.05) is 51.1 Å². The Morgan fingerprint density at radius 1 is 1.12 bits per heavy atom. The fourth-order valence-electron chi connectivity index (χ4n) is 3.82. The zero-order chi connectivity index (χ0) is 19.1. The molecule has 6 nitrogen and oxygen atoms in total. The molecule has 1 aliphatic heterocycles. The van der Waals surface area contributed by atoms with Gasteiger partial charge < -0.3 is 14.4 Å².